The summed E-state index contributed by atoms with van der Waals surface area (Å²) in [7, 11) is 0. The summed E-state index contributed by atoms with van der Waals surface area (Å²) in [6, 6.07) is 0.558. The van der Waals surface area contributed by atoms with E-state index in [0.717, 1.165) is 32.0 Å². The SMILES string of the molecule is CCn1cc(C2CCN(Cc3nnnn3C3CC3)CC2)cn1. The van der Waals surface area contributed by atoms with Crippen LogP contribution in [0.3, 0.4) is 0 Å². The second kappa shape index (κ2) is 5.79. The van der Waals surface area contributed by atoms with Crippen LogP contribution in [0.4, 0.5) is 0 Å². The lowest BCUT2D eigenvalue weighted by Crippen LogP contribution is -2.33. The van der Waals surface area contributed by atoms with Crippen LogP contribution in [-0.2, 0) is 13.1 Å². The number of nitrogens with zero attached hydrogens (tertiary/aromatic N) is 7. The van der Waals surface area contributed by atoms with Crippen LogP contribution in [0.15, 0.2) is 12.4 Å². The highest BCUT2D eigenvalue weighted by Crippen LogP contribution is 2.35. The zero-order chi connectivity index (χ0) is 14.9. The van der Waals surface area contributed by atoms with Gasteiger partial charge in [-0.25, -0.2) is 4.68 Å². The molecule has 0 radical (unpaired) electrons. The molecule has 0 unspecified atom stereocenters. The summed E-state index contributed by atoms with van der Waals surface area (Å²) < 4.78 is 4.04. The molecule has 7 nitrogen and oxygen atoms in total. The van der Waals surface area contributed by atoms with Crippen LogP contribution in [0.5, 0.6) is 0 Å². The molecule has 2 fully saturated rings. The number of piperidine rings is 1. The van der Waals surface area contributed by atoms with Crippen molar-refractivity contribution in [2.75, 3.05) is 13.1 Å². The zero-order valence-corrected chi connectivity index (χ0v) is 13.1. The fourth-order valence-electron chi connectivity index (χ4n) is 3.31. The Labute approximate surface area is 130 Å². The summed E-state index contributed by atoms with van der Waals surface area (Å²) in [6.07, 6.45) is 9.08. The fourth-order valence-corrected chi connectivity index (χ4v) is 3.31. The molecule has 1 saturated carbocycles. The van der Waals surface area contributed by atoms with Crippen molar-refractivity contribution in [3.05, 3.63) is 23.8 Å². The van der Waals surface area contributed by atoms with E-state index >= 15 is 0 Å². The largest absolute Gasteiger partial charge is 0.296 e. The second-order valence-corrected chi connectivity index (χ2v) is 6.45. The van der Waals surface area contributed by atoms with Gasteiger partial charge in [0.25, 0.3) is 0 Å². The molecule has 0 bridgehead atoms. The number of aryl methyl sites for hydroxylation is 1. The quantitative estimate of drug-likeness (QED) is 0.839. The first-order chi connectivity index (χ1) is 10.8. The number of tetrazole rings is 1. The number of likely N-dealkylation sites (tertiary alicyclic amines) is 1. The van der Waals surface area contributed by atoms with Gasteiger partial charge in [0.2, 0.25) is 0 Å². The Balaban J connectivity index is 1.34. The highest BCUT2D eigenvalue weighted by Gasteiger charge is 2.29. The zero-order valence-electron chi connectivity index (χ0n) is 13.1. The standard InChI is InChI=1S/C15H23N7/c1-2-21-10-13(9-16-21)12-5-7-20(8-6-12)11-15-17-18-19-22(15)14-3-4-14/h9-10,12,14H,2-8,11H2,1H3. The monoisotopic (exact) mass is 301 g/mol. The Morgan fingerprint density at radius 1 is 1.18 bits per heavy atom. The molecule has 0 N–H and O–H groups in total. The summed E-state index contributed by atoms with van der Waals surface area (Å²) in [5, 5.41) is 16.6. The van der Waals surface area contributed by atoms with Crippen molar-refractivity contribution in [2.45, 2.75) is 57.7 Å². The molecule has 2 aromatic heterocycles. The normalized spacial score (nSPS) is 20.6. The van der Waals surface area contributed by atoms with Crippen molar-refractivity contribution in [3.63, 3.8) is 0 Å². The Bertz CT molecular complexity index is 619. The summed E-state index contributed by atoms with van der Waals surface area (Å²) in [5.74, 6) is 1.68. The lowest BCUT2D eigenvalue weighted by Gasteiger charge is -2.31. The van der Waals surface area contributed by atoms with Crippen molar-refractivity contribution in [1.82, 2.24) is 34.9 Å². The van der Waals surface area contributed by atoms with E-state index in [0.29, 0.717) is 12.0 Å². The molecule has 0 aromatic carbocycles. The first kappa shape index (κ1) is 13.9. The van der Waals surface area contributed by atoms with Gasteiger partial charge in [-0.05, 0) is 67.6 Å². The van der Waals surface area contributed by atoms with Gasteiger partial charge in [-0.2, -0.15) is 5.10 Å². The summed E-state index contributed by atoms with van der Waals surface area (Å²) in [5.41, 5.74) is 1.39. The highest BCUT2D eigenvalue weighted by molar-refractivity contribution is 5.12. The van der Waals surface area contributed by atoms with Gasteiger partial charge in [0.15, 0.2) is 5.82 Å². The van der Waals surface area contributed by atoms with Crippen molar-refractivity contribution in [3.8, 4) is 0 Å². The van der Waals surface area contributed by atoms with Crippen LogP contribution in [0.2, 0.25) is 0 Å². The van der Waals surface area contributed by atoms with Gasteiger partial charge in [0.1, 0.15) is 0 Å². The topological polar surface area (TPSA) is 64.7 Å². The summed E-state index contributed by atoms with van der Waals surface area (Å²) in [6.45, 7) is 6.18. The molecular formula is C15H23N7. The molecule has 0 spiro atoms. The van der Waals surface area contributed by atoms with Crippen molar-refractivity contribution in [1.29, 1.82) is 0 Å². The number of rotatable bonds is 5. The van der Waals surface area contributed by atoms with E-state index < -0.39 is 0 Å². The fraction of sp³-hybridized carbons (Fsp3) is 0.733. The molecule has 2 aliphatic rings. The summed E-state index contributed by atoms with van der Waals surface area (Å²) >= 11 is 0. The van der Waals surface area contributed by atoms with Gasteiger partial charge in [-0.15, -0.1) is 5.10 Å². The maximum absolute atomic E-state index is 4.40. The molecule has 22 heavy (non-hydrogen) atoms. The van der Waals surface area contributed by atoms with E-state index in [1.165, 1.54) is 31.2 Å². The third kappa shape index (κ3) is 2.77. The molecule has 2 aromatic rings. The molecule has 0 amide bonds. The van der Waals surface area contributed by atoms with Gasteiger partial charge in [-0.1, -0.05) is 0 Å². The smallest absolute Gasteiger partial charge is 0.165 e. The van der Waals surface area contributed by atoms with Crippen molar-refractivity contribution >= 4 is 0 Å². The minimum atomic E-state index is 0.558. The third-order valence-corrected chi connectivity index (χ3v) is 4.85. The second-order valence-electron chi connectivity index (χ2n) is 6.45. The van der Waals surface area contributed by atoms with Gasteiger partial charge in [0, 0.05) is 12.7 Å². The first-order valence-corrected chi connectivity index (χ1v) is 8.35. The van der Waals surface area contributed by atoms with Crippen molar-refractivity contribution in [2.24, 2.45) is 0 Å². The molecule has 3 heterocycles. The maximum atomic E-state index is 4.40. The molecule has 4 rings (SSSR count). The van der Waals surface area contributed by atoms with E-state index in [-0.39, 0.29) is 0 Å². The molecule has 1 saturated heterocycles. The average molecular weight is 301 g/mol. The molecule has 1 aliphatic carbocycles. The number of hydrogen-bond acceptors (Lipinski definition) is 5. The maximum Gasteiger partial charge on any atom is 0.165 e. The van der Waals surface area contributed by atoms with Crippen LogP contribution >= 0.6 is 0 Å². The van der Waals surface area contributed by atoms with Crippen molar-refractivity contribution < 1.29 is 0 Å². The number of hydrogen-bond donors (Lipinski definition) is 0. The van der Waals surface area contributed by atoms with Gasteiger partial charge in [-0.3, -0.25) is 9.58 Å². The molecule has 1 aliphatic heterocycles. The van der Waals surface area contributed by atoms with Gasteiger partial charge < -0.3 is 0 Å². The minimum Gasteiger partial charge on any atom is -0.296 e. The Hall–Kier alpha value is -1.76. The first-order valence-electron chi connectivity index (χ1n) is 8.35. The van der Waals surface area contributed by atoms with E-state index in [4.69, 9.17) is 0 Å². The van der Waals surface area contributed by atoms with Crippen LogP contribution in [0.1, 0.15) is 56.0 Å². The highest BCUT2D eigenvalue weighted by atomic mass is 15.6. The molecule has 118 valence electrons. The van der Waals surface area contributed by atoms with E-state index in [9.17, 15) is 0 Å². The minimum absolute atomic E-state index is 0.558. The van der Waals surface area contributed by atoms with E-state index in [1.54, 1.807) is 0 Å². The van der Waals surface area contributed by atoms with Gasteiger partial charge >= 0.3 is 0 Å². The van der Waals surface area contributed by atoms with E-state index in [2.05, 4.69) is 38.6 Å². The Morgan fingerprint density at radius 2 is 2.00 bits per heavy atom. The molecular weight excluding hydrogens is 278 g/mol. The Morgan fingerprint density at radius 3 is 2.68 bits per heavy atom. The predicted molar refractivity (Wildman–Crippen MR) is 81.2 cm³/mol. The van der Waals surface area contributed by atoms with Crippen LogP contribution in [0, 0.1) is 0 Å². The lowest BCUT2D eigenvalue weighted by molar-refractivity contribution is 0.197. The van der Waals surface area contributed by atoms with Gasteiger partial charge in [0.05, 0.1) is 18.8 Å². The molecule has 7 heteroatoms. The predicted octanol–water partition coefficient (Wildman–Crippen LogP) is 1.60. The van der Waals surface area contributed by atoms with Crippen LogP contribution in [0.25, 0.3) is 0 Å². The summed E-state index contributed by atoms with van der Waals surface area (Å²) in [4.78, 5) is 2.48. The molecule has 0 atom stereocenters. The number of aromatic nitrogens is 6. The van der Waals surface area contributed by atoms with Crippen LogP contribution in [-0.4, -0.2) is 48.0 Å². The van der Waals surface area contributed by atoms with Crippen LogP contribution < -0.4 is 0 Å². The third-order valence-electron chi connectivity index (χ3n) is 4.85. The Kier molecular flexibility index (Phi) is 3.65. The lowest BCUT2D eigenvalue weighted by atomic mass is 9.91. The van der Waals surface area contributed by atoms with E-state index in [1.807, 2.05) is 15.6 Å². The average Bonchev–Trinajstić information content (AvgIpc) is 3.10.